The Morgan fingerprint density at radius 3 is 2.11 bits per heavy atom. The number of aromatic nitrogens is 3. The third-order valence-electron chi connectivity index (χ3n) is 7.85. The van der Waals surface area contributed by atoms with Crippen LogP contribution in [0, 0.1) is 5.41 Å². The second-order valence-electron chi connectivity index (χ2n) is 12.7. The molecule has 4 rings (SSSR count). The molecule has 0 unspecified atom stereocenters. The lowest BCUT2D eigenvalue weighted by Gasteiger charge is -2.19. The SMILES string of the molecule is CCn1c(CCCc2ccc(-c3ccc(OC)c(CC(=O)O)c3C(F)(F)F)cc2)nn(Cc2ccc(C(=O)CC(C)(C)C)cc2)c1=O. The summed E-state index contributed by atoms with van der Waals surface area (Å²) in [6.07, 6.45) is -3.40. The van der Waals surface area contributed by atoms with Crippen LogP contribution in [0.5, 0.6) is 5.75 Å². The molecule has 1 heterocycles. The summed E-state index contributed by atoms with van der Waals surface area (Å²) in [5.41, 5.74) is 0.802. The molecule has 3 aromatic carbocycles. The van der Waals surface area contributed by atoms with Crippen molar-refractivity contribution in [3.63, 3.8) is 0 Å². The van der Waals surface area contributed by atoms with Crippen LogP contribution in [0.4, 0.5) is 13.2 Å². The van der Waals surface area contributed by atoms with Gasteiger partial charge in [0.1, 0.15) is 11.6 Å². The number of Topliss-reactive ketones (excluding diaryl/α,β-unsaturated/α-hetero) is 1. The maximum Gasteiger partial charge on any atom is 0.417 e. The van der Waals surface area contributed by atoms with Crippen molar-refractivity contribution in [2.24, 2.45) is 5.41 Å². The van der Waals surface area contributed by atoms with Crippen molar-refractivity contribution < 1.29 is 32.6 Å². The number of carbonyl (C=O) groups is 2. The lowest BCUT2D eigenvalue weighted by molar-refractivity contribution is -0.139. The highest BCUT2D eigenvalue weighted by atomic mass is 19.4. The molecule has 8 nitrogen and oxygen atoms in total. The number of carbonyl (C=O) groups excluding carboxylic acids is 1. The zero-order valence-electron chi connectivity index (χ0n) is 27.3. The molecule has 0 radical (unpaired) electrons. The average Bonchev–Trinajstić information content (AvgIpc) is 3.29. The van der Waals surface area contributed by atoms with Crippen LogP contribution in [0.25, 0.3) is 11.1 Å². The molecule has 1 N–H and O–H groups in total. The van der Waals surface area contributed by atoms with Crippen LogP contribution in [0.1, 0.15) is 79.0 Å². The molecule has 0 aliphatic carbocycles. The molecule has 250 valence electrons. The fraction of sp³-hybridized carbons (Fsp3) is 0.389. The van der Waals surface area contributed by atoms with E-state index >= 15 is 0 Å². The van der Waals surface area contributed by atoms with Gasteiger partial charge in [-0.2, -0.15) is 18.3 Å². The Balaban J connectivity index is 1.45. The molecule has 0 aliphatic rings. The molecular formula is C36H40F3N3O5. The van der Waals surface area contributed by atoms with Crippen molar-refractivity contribution in [1.82, 2.24) is 14.3 Å². The standard InChI is InChI=1S/C36H40F3N3O5/c1-6-41-31(40-42(34(41)46)22-24-12-16-26(17-13-24)29(43)21-35(2,3)4)9-7-8-23-10-14-25(15-11-23)27-18-19-30(47-5)28(20-32(44)45)33(27)36(37,38)39/h10-19H,6-9,20-22H2,1-5H3,(H,44,45). The van der Waals surface area contributed by atoms with Crippen LogP contribution >= 0.6 is 0 Å². The minimum atomic E-state index is -4.79. The van der Waals surface area contributed by atoms with Gasteiger partial charge in [-0.05, 0) is 53.5 Å². The Labute approximate surface area is 271 Å². The van der Waals surface area contributed by atoms with E-state index in [0.29, 0.717) is 49.2 Å². The minimum Gasteiger partial charge on any atom is -0.496 e. The average molecular weight is 652 g/mol. The monoisotopic (exact) mass is 651 g/mol. The molecule has 4 aromatic rings. The van der Waals surface area contributed by atoms with Crippen molar-refractivity contribution in [3.8, 4) is 16.9 Å². The van der Waals surface area contributed by atoms with Crippen LogP contribution in [0.2, 0.25) is 0 Å². The molecule has 1 aromatic heterocycles. The highest BCUT2D eigenvalue weighted by Crippen LogP contribution is 2.43. The number of nitrogens with zero attached hydrogens (tertiary/aromatic N) is 3. The Bertz CT molecular complexity index is 1780. The number of halogens is 3. The van der Waals surface area contributed by atoms with E-state index in [-0.39, 0.29) is 34.7 Å². The zero-order valence-corrected chi connectivity index (χ0v) is 27.3. The third kappa shape index (κ3) is 8.78. The molecule has 0 bridgehead atoms. The van der Waals surface area contributed by atoms with Crippen molar-refractivity contribution in [2.75, 3.05) is 7.11 Å². The molecule has 0 saturated carbocycles. The van der Waals surface area contributed by atoms with E-state index in [0.717, 1.165) is 11.1 Å². The van der Waals surface area contributed by atoms with Gasteiger partial charge in [-0.15, -0.1) is 0 Å². The summed E-state index contributed by atoms with van der Waals surface area (Å²) in [5.74, 6) is -0.803. The van der Waals surface area contributed by atoms with E-state index in [1.807, 2.05) is 39.8 Å². The number of rotatable bonds is 13. The summed E-state index contributed by atoms with van der Waals surface area (Å²) in [6, 6.07) is 16.6. The zero-order chi connectivity index (χ0) is 34.5. The lowest BCUT2D eigenvalue weighted by Crippen LogP contribution is -2.25. The summed E-state index contributed by atoms with van der Waals surface area (Å²) >= 11 is 0. The predicted molar refractivity (Wildman–Crippen MR) is 173 cm³/mol. The molecule has 0 amide bonds. The molecule has 0 atom stereocenters. The van der Waals surface area contributed by atoms with E-state index in [9.17, 15) is 32.7 Å². The number of ketones is 1. The number of carboxylic acids is 1. The van der Waals surface area contributed by atoms with Gasteiger partial charge in [0.05, 0.1) is 25.6 Å². The largest absolute Gasteiger partial charge is 0.496 e. The Morgan fingerprint density at radius 2 is 1.55 bits per heavy atom. The number of alkyl halides is 3. The molecule has 0 aliphatic heterocycles. The quantitative estimate of drug-likeness (QED) is 0.153. The summed E-state index contributed by atoms with van der Waals surface area (Å²) in [5, 5.41) is 13.8. The summed E-state index contributed by atoms with van der Waals surface area (Å²) in [7, 11) is 1.21. The Hall–Kier alpha value is -4.67. The topological polar surface area (TPSA) is 103 Å². The predicted octanol–water partition coefficient (Wildman–Crippen LogP) is 7.23. The Morgan fingerprint density at radius 1 is 0.915 bits per heavy atom. The fourth-order valence-corrected chi connectivity index (χ4v) is 5.66. The number of benzene rings is 3. The van der Waals surface area contributed by atoms with Crippen LogP contribution in [-0.4, -0.2) is 38.3 Å². The van der Waals surface area contributed by atoms with Gasteiger partial charge in [0.25, 0.3) is 0 Å². The Kier molecular flexibility index (Phi) is 10.8. The van der Waals surface area contributed by atoms with Crippen LogP contribution < -0.4 is 10.4 Å². The summed E-state index contributed by atoms with van der Waals surface area (Å²) in [6.45, 7) is 8.66. The first-order valence-electron chi connectivity index (χ1n) is 15.5. The maximum absolute atomic E-state index is 14.2. The second kappa shape index (κ2) is 14.4. The van der Waals surface area contributed by atoms with E-state index in [2.05, 4.69) is 5.10 Å². The van der Waals surface area contributed by atoms with Gasteiger partial charge in [-0.25, -0.2) is 9.48 Å². The maximum atomic E-state index is 14.2. The van der Waals surface area contributed by atoms with Gasteiger partial charge in [0, 0.05) is 30.5 Å². The van der Waals surface area contributed by atoms with E-state index < -0.39 is 29.7 Å². The molecule has 0 saturated heterocycles. The first-order chi connectivity index (χ1) is 22.1. The summed E-state index contributed by atoms with van der Waals surface area (Å²) in [4.78, 5) is 37.0. The number of ether oxygens (including phenoxy) is 1. The van der Waals surface area contributed by atoms with E-state index in [1.54, 1.807) is 41.0 Å². The highest BCUT2D eigenvalue weighted by molar-refractivity contribution is 5.96. The van der Waals surface area contributed by atoms with Crippen molar-refractivity contribution in [1.29, 1.82) is 0 Å². The molecular weight excluding hydrogens is 611 g/mol. The number of methoxy groups -OCH3 is 1. The van der Waals surface area contributed by atoms with Gasteiger partial charge >= 0.3 is 17.8 Å². The lowest BCUT2D eigenvalue weighted by atomic mass is 9.88. The normalized spacial score (nSPS) is 11.9. The van der Waals surface area contributed by atoms with Crippen LogP contribution in [0.15, 0.2) is 65.5 Å². The number of hydrogen-bond acceptors (Lipinski definition) is 5. The van der Waals surface area contributed by atoms with Gasteiger partial charge in [0.15, 0.2) is 5.78 Å². The minimum absolute atomic E-state index is 0.0741. The van der Waals surface area contributed by atoms with Gasteiger partial charge in [-0.3, -0.25) is 14.2 Å². The smallest absolute Gasteiger partial charge is 0.417 e. The van der Waals surface area contributed by atoms with Crippen LogP contribution in [-0.2, 0) is 43.3 Å². The third-order valence-corrected chi connectivity index (χ3v) is 7.85. The highest BCUT2D eigenvalue weighted by Gasteiger charge is 2.38. The number of aryl methyl sites for hydroxylation is 2. The fourth-order valence-electron chi connectivity index (χ4n) is 5.66. The number of aliphatic carboxylic acids is 1. The number of carboxylic acid groups (broad SMARTS) is 1. The summed E-state index contributed by atoms with van der Waals surface area (Å²) < 4.78 is 50.7. The van der Waals surface area contributed by atoms with Crippen LogP contribution in [0.3, 0.4) is 0 Å². The van der Waals surface area contributed by atoms with Crippen molar-refractivity contribution in [2.45, 2.75) is 79.1 Å². The van der Waals surface area contributed by atoms with Gasteiger partial charge in [-0.1, -0.05) is 75.4 Å². The van der Waals surface area contributed by atoms with E-state index in [1.165, 1.54) is 23.9 Å². The molecule has 11 heteroatoms. The van der Waals surface area contributed by atoms with Gasteiger partial charge < -0.3 is 9.84 Å². The molecule has 0 fully saturated rings. The number of hydrogen-bond donors (Lipinski definition) is 1. The first-order valence-corrected chi connectivity index (χ1v) is 15.5. The first kappa shape index (κ1) is 35.2. The van der Waals surface area contributed by atoms with Gasteiger partial charge in [0.2, 0.25) is 0 Å². The molecule has 47 heavy (non-hydrogen) atoms. The van der Waals surface area contributed by atoms with Crippen molar-refractivity contribution in [3.05, 3.63) is 105 Å². The molecule has 0 spiro atoms. The van der Waals surface area contributed by atoms with Crippen molar-refractivity contribution >= 4 is 11.8 Å². The second-order valence-corrected chi connectivity index (χ2v) is 12.7. The van der Waals surface area contributed by atoms with E-state index in [4.69, 9.17) is 4.74 Å².